The third kappa shape index (κ3) is 2.93. The minimum Gasteiger partial charge on any atom is -0.384 e. The molecule has 6 nitrogen and oxygen atoms in total. The van der Waals surface area contributed by atoms with Crippen LogP contribution < -0.4 is 16.4 Å². The summed E-state index contributed by atoms with van der Waals surface area (Å²) in [6, 6.07) is 0.722. The number of primary amides is 1. The van der Waals surface area contributed by atoms with Crippen LogP contribution in [0.25, 0.3) is 0 Å². The molecule has 9 heteroatoms. The molecule has 2 heterocycles. The number of pyridine rings is 1. The minimum absolute atomic E-state index is 0.00711. The van der Waals surface area contributed by atoms with Crippen LogP contribution in [0.3, 0.4) is 0 Å². The highest BCUT2D eigenvalue weighted by Crippen LogP contribution is 2.33. The van der Waals surface area contributed by atoms with Crippen molar-refractivity contribution in [1.82, 2.24) is 4.98 Å². The van der Waals surface area contributed by atoms with Crippen LogP contribution in [0, 0.1) is 0 Å². The Labute approximate surface area is 112 Å². The Morgan fingerprint density at radius 1 is 1.45 bits per heavy atom. The summed E-state index contributed by atoms with van der Waals surface area (Å²) in [6.45, 7) is 0.482. The number of hydrogen-bond acceptors (Lipinski definition) is 5. The summed E-state index contributed by atoms with van der Waals surface area (Å²) in [5.41, 5.74) is 9.69. The summed E-state index contributed by atoms with van der Waals surface area (Å²) in [5.74, 6) is -1.00. The zero-order chi connectivity index (χ0) is 14.9. The molecule has 1 atom stereocenters. The molecule has 1 aliphatic heterocycles. The number of halogens is 3. The summed E-state index contributed by atoms with van der Waals surface area (Å²) in [4.78, 5) is 16.5. The smallest absolute Gasteiger partial charge is 0.384 e. The molecule has 1 aromatic heterocycles. The number of anilines is 2. The van der Waals surface area contributed by atoms with Gasteiger partial charge in [-0.3, -0.25) is 4.79 Å². The van der Waals surface area contributed by atoms with Crippen LogP contribution in [-0.2, 0) is 15.7 Å². The van der Waals surface area contributed by atoms with Crippen molar-refractivity contribution in [2.45, 2.75) is 12.2 Å². The van der Waals surface area contributed by atoms with E-state index in [9.17, 15) is 18.0 Å². The fourth-order valence-corrected chi connectivity index (χ4v) is 1.96. The van der Waals surface area contributed by atoms with Crippen LogP contribution in [0.1, 0.15) is 5.56 Å². The van der Waals surface area contributed by atoms with Crippen LogP contribution in [0.2, 0.25) is 0 Å². The average Bonchev–Trinajstić information content (AvgIpc) is 2.37. The van der Waals surface area contributed by atoms with Gasteiger partial charge in [-0.15, -0.1) is 0 Å². The van der Waals surface area contributed by atoms with E-state index in [0.717, 1.165) is 12.1 Å². The van der Waals surface area contributed by atoms with Crippen molar-refractivity contribution in [3.63, 3.8) is 0 Å². The van der Waals surface area contributed by atoms with Gasteiger partial charge in [-0.2, -0.15) is 13.2 Å². The molecular weight excluding hydrogens is 277 g/mol. The van der Waals surface area contributed by atoms with E-state index >= 15 is 0 Å². The van der Waals surface area contributed by atoms with Crippen molar-refractivity contribution < 1.29 is 22.7 Å². The van der Waals surface area contributed by atoms with Gasteiger partial charge in [0.25, 0.3) is 0 Å². The molecule has 0 radical (unpaired) electrons. The van der Waals surface area contributed by atoms with Gasteiger partial charge >= 0.3 is 6.18 Å². The Morgan fingerprint density at radius 3 is 2.75 bits per heavy atom. The fourth-order valence-electron chi connectivity index (χ4n) is 1.96. The lowest BCUT2D eigenvalue weighted by Gasteiger charge is -2.34. The van der Waals surface area contributed by atoms with Crippen LogP contribution in [0.15, 0.2) is 12.1 Å². The summed E-state index contributed by atoms with van der Waals surface area (Å²) in [7, 11) is 0. The van der Waals surface area contributed by atoms with Crippen molar-refractivity contribution >= 4 is 17.5 Å². The molecule has 2 rings (SSSR count). The van der Waals surface area contributed by atoms with E-state index in [1.807, 2.05) is 0 Å². The van der Waals surface area contributed by atoms with Crippen LogP contribution in [-0.4, -0.2) is 36.7 Å². The van der Waals surface area contributed by atoms with E-state index in [-0.39, 0.29) is 31.4 Å². The summed E-state index contributed by atoms with van der Waals surface area (Å²) < 4.78 is 43.4. The van der Waals surface area contributed by atoms with Crippen molar-refractivity contribution in [3.8, 4) is 0 Å². The first-order valence-electron chi connectivity index (χ1n) is 5.77. The maximum Gasteiger partial charge on any atom is 0.416 e. The number of carbonyl (C=O) groups is 1. The van der Waals surface area contributed by atoms with E-state index in [0.29, 0.717) is 0 Å². The van der Waals surface area contributed by atoms with Gasteiger partial charge in [-0.05, 0) is 12.1 Å². The highest BCUT2D eigenvalue weighted by Gasteiger charge is 2.34. The predicted molar refractivity (Wildman–Crippen MR) is 64.8 cm³/mol. The van der Waals surface area contributed by atoms with E-state index in [2.05, 4.69) is 4.98 Å². The number of morpholine rings is 1. The second kappa shape index (κ2) is 5.16. The largest absolute Gasteiger partial charge is 0.416 e. The Morgan fingerprint density at radius 2 is 2.15 bits per heavy atom. The fraction of sp³-hybridized carbons (Fsp3) is 0.455. The molecule has 4 N–H and O–H groups in total. The van der Waals surface area contributed by atoms with Gasteiger partial charge in [0.15, 0.2) is 0 Å². The van der Waals surface area contributed by atoms with Crippen LogP contribution in [0.5, 0.6) is 0 Å². The molecule has 0 aromatic carbocycles. The van der Waals surface area contributed by atoms with Crippen LogP contribution in [0.4, 0.5) is 24.8 Å². The third-order valence-corrected chi connectivity index (χ3v) is 2.91. The van der Waals surface area contributed by atoms with Gasteiger partial charge in [0.05, 0.1) is 18.8 Å². The van der Waals surface area contributed by atoms with E-state index in [1.54, 1.807) is 0 Å². The average molecular weight is 290 g/mol. The van der Waals surface area contributed by atoms with E-state index in [4.69, 9.17) is 16.2 Å². The Kier molecular flexibility index (Phi) is 3.71. The molecular formula is C11H13F3N4O2. The number of hydrogen-bond donors (Lipinski definition) is 2. The second-order valence-electron chi connectivity index (χ2n) is 4.32. The topological polar surface area (TPSA) is 94.5 Å². The van der Waals surface area contributed by atoms with Crippen LogP contribution >= 0.6 is 0 Å². The number of alkyl halides is 3. The molecule has 1 aliphatic rings. The summed E-state index contributed by atoms with van der Waals surface area (Å²) in [5, 5.41) is 0. The highest BCUT2D eigenvalue weighted by atomic mass is 19.4. The van der Waals surface area contributed by atoms with Gasteiger partial charge in [0.1, 0.15) is 17.7 Å². The summed E-state index contributed by atoms with van der Waals surface area (Å²) in [6.07, 6.45) is -4.54. The first-order chi connectivity index (χ1) is 9.29. The molecule has 1 unspecified atom stereocenters. The number of amides is 1. The molecule has 0 aliphatic carbocycles. The number of ether oxygens (including phenoxy) is 1. The van der Waals surface area contributed by atoms with Gasteiger partial charge in [0.2, 0.25) is 5.91 Å². The molecule has 0 saturated carbocycles. The third-order valence-electron chi connectivity index (χ3n) is 2.91. The maximum absolute atomic E-state index is 12.8. The number of aromatic nitrogens is 1. The molecule has 110 valence electrons. The lowest BCUT2D eigenvalue weighted by Crippen LogP contribution is -2.53. The molecule has 0 bridgehead atoms. The Hall–Kier alpha value is -2.03. The summed E-state index contributed by atoms with van der Waals surface area (Å²) >= 11 is 0. The van der Waals surface area contributed by atoms with Crippen molar-refractivity contribution in [2.75, 3.05) is 30.4 Å². The Bertz CT molecular complexity index is 521. The predicted octanol–water partition coefficient (Wildman–Crippen LogP) is 0.373. The lowest BCUT2D eigenvalue weighted by atomic mass is 10.2. The Balaban J connectivity index is 2.40. The molecule has 1 amide bonds. The van der Waals surface area contributed by atoms with Gasteiger partial charge in [-0.1, -0.05) is 0 Å². The monoisotopic (exact) mass is 290 g/mol. The number of nitrogens with two attached hydrogens (primary N) is 2. The number of carbonyl (C=O) groups excluding carboxylic acids is 1. The minimum atomic E-state index is -4.54. The maximum atomic E-state index is 12.8. The van der Waals surface area contributed by atoms with Crippen molar-refractivity contribution in [3.05, 3.63) is 17.7 Å². The van der Waals surface area contributed by atoms with E-state index in [1.165, 1.54) is 4.90 Å². The first kappa shape index (κ1) is 14.4. The SMILES string of the molecule is NC(=O)C1COCCN1c1cc(C(F)(F)F)cc(N)n1. The second-order valence-corrected chi connectivity index (χ2v) is 4.32. The molecule has 1 aromatic rings. The zero-order valence-electron chi connectivity index (χ0n) is 10.4. The molecule has 1 fully saturated rings. The molecule has 1 saturated heterocycles. The van der Waals surface area contributed by atoms with E-state index < -0.39 is 23.7 Å². The van der Waals surface area contributed by atoms with Gasteiger partial charge in [0, 0.05) is 6.54 Å². The highest BCUT2D eigenvalue weighted by molar-refractivity contribution is 5.83. The van der Waals surface area contributed by atoms with Crippen molar-refractivity contribution in [2.24, 2.45) is 5.73 Å². The standard InChI is InChI=1S/C11H13F3N4O2/c12-11(13,14)6-3-8(15)17-9(4-6)18-1-2-20-5-7(18)10(16)19/h3-4,7H,1-2,5H2,(H2,15,17)(H2,16,19). The molecule has 20 heavy (non-hydrogen) atoms. The lowest BCUT2D eigenvalue weighted by molar-refractivity contribution is -0.137. The van der Waals surface area contributed by atoms with Gasteiger partial charge in [-0.25, -0.2) is 4.98 Å². The number of nitrogens with zero attached hydrogens (tertiary/aromatic N) is 2. The number of nitrogen functional groups attached to an aromatic ring is 1. The normalized spacial score (nSPS) is 19.9. The first-order valence-corrected chi connectivity index (χ1v) is 5.77. The quantitative estimate of drug-likeness (QED) is 0.820. The zero-order valence-corrected chi connectivity index (χ0v) is 10.4. The van der Waals surface area contributed by atoms with Gasteiger partial charge < -0.3 is 21.1 Å². The van der Waals surface area contributed by atoms with Crippen molar-refractivity contribution in [1.29, 1.82) is 0 Å². The number of rotatable bonds is 2. The molecule has 0 spiro atoms.